The summed E-state index contributed by atoms with van der Waals surface area (Å²) in [6, 6.07) is 5.80. The van der Waals surface area contributed by atoms with Crippen molar-refractivity contribution in [3.8, 4) is 11.5 Å². The van der Waals surface area contributed by atoms with Crippen molar-refractivity contribution in [1.29, 1.82) is 0 Å². The highest BCUT2D eigenvalue weighted by Gasteiger charge is 2.33. The number of rotatable bonds is 2. The van der Waals surface area contributed by atoms with Gasteiger partial charge in [-0.15, -0.1) is 0 Å². The quantitative estimate of drug-likeness (QED) is 0.771. The van der Waals surface area contributed by atoms with Crippen molar-refractivity contribution in [1.82, 2.24) is 0 Å². The van der Waals surface area contributed by atoms with Gasteiger partial charge >= 0.3 is 0 Å². The molecule has 0 N–H and O–H groups in total. The highest BCUT2D eigenvalue weighted by molar-refractivity contribution is 9.09. The zero-order valence-corrected chi connectivity index (χ0v) is 12.7. The first-order valence-corrected chi connectivity index (χ1v) is 9.03. The Morgan fingerprint density at radius 1 is 1.21 bits per heavy atom. The number of hydrogen-bond donors (Lipinski definition) is 0. The molecule has 0 amide bonds. The molecular formula is C13H15BrO4S. The molecule has 2 atom stereocenters. The molecule has 2 aliphatic heterocycles. The van der Waals surface area contributed by atoms with Gasteiger partial charge in [-0.1, -0.05) is 22.0 Å². The second-order valence-electron chi connectivity index (χ2n) is 4.97. The molecule has 6 heteroatoms. The van der Waals surface area contributed by atoms with E-state index in [1.807, 2.05) is 18.2 Å². The number of halogens is 1. The van der Waals surface area contributed by atoms with E-state index in [0.29, 0.717) is 25.4 Å². The minimum atomic E-state index is -2.85. The Morgan fingerprint density at radius 2 is 1.95 bits per heavy atom. The van der Waals surface area contributed by atoms with Crippen molar-refractivity contribution in [3.63, 3.8) is 0 Å². The minimum Gasteiger partial charge on any atom is -0.486 e. The van der Waals surface area contributed by atoms with Crippen LogP contribution in [0.2, 0.25) is 0 Å². The molecule has 0 radical (unpaired) electrons. The van der Waals surface area contributed by atoms with Crippen molar-refractivity contribution < 1.29 is 17.9 Å². The topological polar surface area (TPSA) is 52.6 Å². The molecule has 1 aromatic rings. The van der Waals surface area contributed by atoms with Gasteiger partial charge in [-0.25, -0.2) is 8.42 Å². The summed E-state index contributed by atoms with van der Waals surface area (Å²) < 4.78 is 34.1. The third kappa shape index (κ3) is 2.74. The minimum absolute atomic E-state index is 0.0422. The smallest absolute Gasteiger partial charge is 0.161 e. The highest BCUT2D eigenvalue weighted by atomic mass is 79.9. The lowest BCUT2D eigenvalue weighted by molar-refractivity contribution is 0.171. The van der Waals surface area contributed by atoms with Gasteiger partial charge < -0.3 is 9.47 Å². The Bertz CT molecular complexity index is 584. The van der Waals surface area contributed by atoms with Crippen LogP contribution in [-0.4, -0.2) is 33.1 Å². The molecule has 19 heavy (non-hydrogen) atoms. The van der Waals surface area contributed by atoms with Gasteiger partial charge in [0.1, 0.15) is 13.2 Å². The highest BCUT2D eigenvalue weighted by Crippen LogP contribution is 2.41. The van der Waals surface area contributed by atoms with Crippen LogP contribution in [0, 0.1) is 5.92 Å². The molecule has 104 valence electrons. The largest absolute Gasteiger partial charge is 0.486 e. The fourth-order valence-electron chi connectivity index (χ4n) is 2.56. The molecule has 2 aliphatic rings. The maximum atomic E-state index is 11.5. The number of sulfone groups is 1. The molecular weight excluding hydrogens is 332 g/mol. The van der Waals surface area contributed by atoms with E-state index < -0.39 is 9.84 Å². The standard InChI is InChI=1S/C13H15BrO4S/c14-13(10-3-6-19(15,16)8-10)9-1-2-11-12(7-9)18-5-4-17-11/h1-2,7,10,13H,3-6,8H2. The van der Waals surface area contributed by atoms with Crippen LogP contribution in [0.25, 0.3) is 0 Å². The SMILES string of the molecule is O=S1(=O)CCC(C(Br)c2ccc3c(c2)OCCO3)C1. The maximum absolute atomic E-state index is 11.5. The van der Waals surface area contributed by atoms with Crippen molar-refractivity contribution in [2.45, 2.75) is 11.2 Å². The summed E-state index contributed by atoms with van der Waals surface area (Å²) >= 11 is 3.63. The van der Waals surface area contributed by atoms with Crippen molar-refractivity contribution in [2.75, 3.05) is 24.7 Å². The summed E-state index contributed by atoms with van der Waals surface area (Å²) in [7, 11) is -2.85. The van der Waals surface area contributed by atoms with Crippen LogP contribution >= 0.6 is 15.9 Å². The number of ether oxygens (including phenoxy) is 2. The molecule has 3 rings (SSSR count). The first-order chi connectivity index (χ1) is 9.05. The predicted molar refractivity (Wildman–Crippen MR) is 75.9 cm³/mol. The molecule has 1 saturated heterocycles. The van der Waals surface area contributed by atoms with E-state index in [0.717, 1.165) is 17.1 Å². The lowest BCUT2D eigenvalue weighted by Crippen LogP contribution is -2.16. The first kappa shape index (κ1) is 13.2. The third-order valence-corrected chi connectivity index (χ3v) is 6.64. The van der Waals surface area contributed by atoms with E-state index in [9.17, 15) is 8.42 Å². The van der Waals surface area contributed by atoms with E-state index in [1.165, 1.54) is 0 Å². The zero-order chi connectivity index (χ0) is 13.5. The van der Waals surface area contributed by atoms with Crippen molar-refractivity contribution >= 4 is 25.8 Å². The van der Waals surface area contributed by atoms with Gasteiger partial charge in [0.05, 0.1) is 11.5 Å². The van der Waals surface area contributed by atoms with E-state index in [1.54, 1.807) is 0 Å². The molecule has 0 aliphatic carbocycles. The summed E-state index contributed by atoms with van der Waals surface area (Å²) in [6.45, 7) is 1.13. The normalized spacial score (nSPS) is 26.1. The van der Waals surface area contributed by atoms with Gasteiger partial charge in [0.25, 0.3) is 0 Å². The lowest BCUT2D eigenvalue weighted by Gasteiger charge is -2.21. The van der Waals surface area contributed by atoms with Gasteiger partial charge in [-0.3, -0.25) is 0 Å². The molecule has 0 spiro atoms. The van der Waals surface area contributed by atoms with Gasteiger partial charge in [0.2, 0.25) is 0 Å². The van der Waals surface area contributed by atoms with Crippen molar-refractivity contribution in [3.05, 3.63) is 23.8 Å². The third-order valence-electron chi connectivity index (χ3n) is 3.57. The molecule has 1 aromatic carbocycles. The van der Waals surface area contributed by atoms with E-state index >= 15 is 0 Å². The Balaban J connectivity index is 1.82. The van der Waals surface area contributed by atoms with Crippen LogP contribution in [0.5, 0.6) is 11.5 Å². The Labute approximate surface area is 121 Å². The molecule has 0 bridgehead atoms. The fraction of sp³-hybridized carbons (Fsp3) is 0.538. The Morgan fingerprint density at radius 3 is 2.63 bits per heavy atom. The van der Waals surface area contributed by atoms with Crippen molar-refractivity contribution in [2.24, 2.45) is 5.92 Å². The monoisotopic (exact) mass is 346 g/mol. The lowest BCUT2D eigenvalue weighted by atomic mass is 9.98. The van der Waals surface area contributed by atoms with E-state index in [4.69, 9.17) is 9.47 Å². The summed E-state index contributed by atoms with van der Waals surface area (Å²) in [4.78, 5) is 0.0422. The number of fused-ring (bicyclic) bond motifs is 1. The molecule has 0 saturated carbocycles. The van der Waals surface area contributed by atoms with Gasteiger partial charge in [0, 0.05) is 4.83 Å². The fourth-order valence-corrected chi connectivity index (χ4v) is 5.38. The van der Waals surface area contributed by atoms with Crippen LogP contribution in [-0.2, 0) is 9.84 Å². The summed E-state index contributed by atoms with van der Waals surface area (Å²) in [5.74, 6) is 2.19. The number of benzene rings is 1. The predicted octanol–water partition coefficient (Wildman–Crippen LogP) is 2.33. The van der Waals surface area contributed by atoms with Crippen LogP contribution in [0.1, 0.15) is 16.8 Å². The zero-order valence-electron chi connectivity index (χ0n) is 10.3. The summed E-state index contributed by atoms with van der Waals surface area (Å²) in [5.41, 5.74) is 1.05. The van der Waals surface area contributed by atoms with Crippen LogP contribution in [0.3, 0.4) is 0 Å². The molecule has 4 nitrogen and oxygen atoms in total. The second-order valence-corrected chi connectivity index (χ2v) is 8.18. The van der Waals surface area contributed by atoms with E-state index in [2.05, 4.69) is 15.9 Å². The van der Waals surface area contributed by atoms with E-state index in [-0.39, 0.29) is 16.5 Å². The summed E-state index contributed by atoms with van der Waals surface area (Å²) in [5, 5.41) is 0. The molecule has 2 heterocycles. The average Bonchev–Trinajstić information content (AvgIpc) is 2.78. The van der Waals surface area contributed by atoms with Crippen LogP contribution in [0.4, 0.5) is 0 Å². The van der Waals surface area contributed by atoms with Gasteiger partial charge in [-0.05, 0) is 30.0 Å². The second kappa shape index (κ2) is 4.98. The Hall–Kier alpha value is -0.750. The number of alkyl halides is 1. The van der Waals surface area contributed by atoms with Gasteiger partial charge in [0.15, 0.2) is 21.3 Å². The number of hydrogen-bond acceptors (Lipinski definition) is 4. The van der Waals surface area contributed by atoms with Crippen LogP contribution in [0.15, 0.2) is 18.2 Å². The first-order valence-electron chi connectivity index (χ1n) is 6.29. The molecule has 2 unspecified atom stereocenters. The average molecular weight is 347 g/mol. The molecule has 0 aromatic heterocycles. The summed E-state index contributed by atoms with van der Waals surface area (Å²) in [6.07, 6.45) is 0.715. The molecule has 1 fully saturated rings. The maximum Gasteiger partial charge on any atom is 0.161 e. The van der Waals surface area contributed by atoms with Crippen LogP contribution < -0.4 is 9.47 Å². The van der Waals surface area contributed by atoms with Gasteiger partial charge in [-0.2, -0.15) is 0 Å². The Kier molecular flexibility index (Phi) is 3.47.